The van der Waals surface area contributed by atoms with Crippen LogP contribution in [0.3, 0.4) is 0 Å². The van der Waals surface area contributed by atoms with Crippen molar-refractivity contribution in [3.8, 4) is 0 Å². The monoisotopic (exact) mass is 434 g/mol. The van der Waals surface area contributed by atoms with Crippen molar-refractivity contribution in [2.75, 3.05) is 0 Å². The lowest BCUT2D eigenvalue weighted by atomic mass is 10.3. The van der Waals surface area contributed by atoms with Crippen LogP contribution < -0.4 is 11.2 Å². The van der Waals surface area contributed by atoms with Gasteiger partial charge in [0, 0.05) is 6.42 Å². The Bertz CT molecular complexity index is 1060. The van der Waals surface area contributed by atoms with E-state index in [-0.39, 0.29) is 4.90 Å². The Balaban J connectivity index is 2.40. The van der Waals surface area contributed by atoms with E-state index in [0.29, 0.717) is 0 Å². The molecule has 0 aliphatic heterocycles. The molecule has 2 rings (SSSR count). The van der Waals surface area contributed by atoms with Crippen molar-refractivity contribution in [1.29, 1.82) is 0 Å². The van der Waals surface area contributed by atoms with Gasteiger partial charge in [0.2, 0.25) is 0 Å². The first-order valence-corrected chi connectivity index (χ1v) is 10.8. The second-order valence-electron chi connectivity index (χ2n) is 5.74. The molecule has 28 heavy (non-hydrogen) atoms. The highest BCUT2D eigenvalue weighted by Crippen LogP contribution is 2.24. The van der Waals surface area contributed by atoms with E-state index in [1.54, 1.807) is 0 Å². The van der Waals surface area contributed by atoms with Crippen LogP contribution in [0.4, 0.5) is 8.78 Å². The van der Waals surface area contributed by atoms with Gasteiger partial charge in [-0.1, -0.05) is 0 Å². The molecule has 0 aliphatic rings. The SMILES string of the molecule is NC(CC(C(=O)NO)S(=O)(=O)c1ccc(F)cc1)S(=O)(=O)c1ccc(F)cc1. The van der Waals surface area contributed by atoms with Crippen LogP contribution in [-0.4, -0.2) is 38.6 Å². The Kier molecular flexibility index (Phi) is 6.49. The van der Waals surface area contributed by atoms with Crippen molar-refractivity contribution in [2.45, 2.75) is 26.8 Å². The van der Waals surface area contributed by atoms with Gasteiger partial charge < -0.3 is 5.73 Å². The van der Waals surface area contributed by atoms with Gasteiger partial charge in [-0.05, 0) is 48.5 Å². The van der Waals surface area contributed by atoms with E-state index in [2.05, 4.69) is 0 Å². The number of nitrogens with one attached hydrogen (secondary N) is 1. The van der Waals surface area contributed by atoms with E-state index in [4.69, 9.17) is 10.9 Å². The van der Waals surface area contributed by atoms with Crippen LogP contribution in [0.25, 0.3) is 0 Å². The smallest absolute Gasteiger partial charge is 0.262 e. The summed E-state index contributed by atoms with van der Waals surface area (Å²) in [4.78, 5) is 11.1. The fourth-order valence-electron chi connectivity index (χ4n) is 2.37. The first-order valence-electron chi connectivity index (χ1n) is 7.68. The van der Waals surface area contributed by atoms with E-state index < -0.39 is 59.2 Å². The van der Waals surface area contributed by atoms with E-state index in [1.807, 2.05) is 0 Å². The maximum absolute atomic E-state index is 13.0. The number of hydrogen-bond acceptors (Lipinski definition) is 7. The third-order valence-corrected chi connectivity index (χ3v) is 7.91. The van der Waals surface area contributed by atoms with Gasteiger partial charge in [0.05, 0.1) is 9.79 Å². The van der Waals surface area contributed by atoms with E-state index in [9.17, 15) is 30.4 Å². The van der Waals surface area contributed by atoms with Gasteiger partial charge in [0.15, 0.2) is 19.7 Å². The number of carbonyl (C=O) groups is 1. The minimum absolute atomic E-state index is 0.372. The summed E-state index contributed by atoms with van der Waals surface area (Å²) < 4.78 is 76.5. The summed E-state index contributed by atoms with van der Waals surface area (Å²) in [5, 5.41) is 4.93. The van der Waals surface area contributed by atoms with Gasteiger partial charge in [-0.3, -0.25) is 10.0 Å². The maximum Gasteiger partial charge on any atom is 0.262 e. The maximum atomic E-state index is 13.0. The summed E-state index contributed by atoms with van der Waals surface area (Å²) in [6.07, 6.45) is -0.911. The molecule has 2 atom stereocenters. The normalized spacial score (nSPS) is 14.3. The molecule has 0 heterocycles. The predicted molar refractivity (Wildman–Crippen MR) is 93.5 cm³/mol. The molecule has 2 aromatic carbocycles. The second kappa shape index (κ2) is 8.31. The largest absolute Gasteiger partial charge is 0.315 e. The molecule has 4 N–H and O–H groups in total. The number of amides is 1. The zero-order valence-electron chi connectivity index (χ0n) is 14.1. The molecule has 0 aromatic heterocycles. The number of hydrogen-bond donors (Lipinski definition) is 3. The zero-order valence-corrected chi connectivity index (χ0v) is 15.8. The van der Waals surface area contributed by atoms with Crippen LogP contribution in [0.2, 0.25) is 0 Å². The van der Waals surface area contributed by atoms with Crippen molar-refractivity contribution >= 4 is 25.6 Å². The molecule has 0 fully saturated rings. The van der Waals surface area contributed by atoms with E-state index in [0.717, 1.165) is 54.0 Å². The van der Waals surface area contributed by atoms with Crippen LogP contribution in [0.5, 0.6) is 0 Å². The number of benzene rings is 2. The van der Waals surface area contributed by atoms with Gasteiger partial charge >= 0.3 is 0 Å². The topological polar surface area (TPSA) is 144 Å². The summed E-state index contributed by atoms with van der Waals surface area (Å²) in [5.74, 6) is -2.82. The molecule has 2 aromatic rings. The second-order valence-corrected chi connectivity index (χ2v) is 10.0. The molecule has 152 valence electrons. The number of nitrogens with two attached hydrogens (primary N) is 1. The van der Waals surface area contributed by atoms with Gasteiger partial charge in [-0.15, -0.1) is 0 Å². The van der Waals surface area contributed by atoms with E-state index in [1.165, 1.54) is 0 Å². The standard InChI is InChI=1S/C16H16F2N2O6S2/c17-10-1-5-12(6-2-10)27(23,24)14(16(21)20-22)9-15(19)28(25,26)13-7-3-11(18)4-8-13/h1-8,14-15,22H,9,19H2,(H,20,21). The molecule has 8 nitrogen and oxygen atoms in total. The zero-order chi connectivity index (χ0) is 21.1. The quantitative estimate of drug-likeness (QED) is 0.332. The lowest BCUT2D eigenvalue weighted by Gasteiger charge is -2.20. The Labute approximate surface area is 159 Å². The fourth-order valence-corrected chi connectivity index (χ4v) is 5.44. The van der Waals surface area contributed by atoms with Crippen LogP contribution >= 0.6 is 0 Å². The van der Waals surface area contributed by atoms with Crippen LogP contribution in [0.15, 0.2) is 58.3 Å². The van der Waals surface area contributed by atoms with Crippen LogP contribution in [0.1, 0.15) is 6.42 Å². The lowest BCUT2D eigenvalue weighted by Crippen LogP contribution is -2.44. The van der Waals surface area contributed by atoms with E-state index >= 15 is 0 Å². The summed E-state index contributed by atoms with van der Waals surface area (Å²) in [5.41, 5.74) is 6.81. The number of halogens is 2. The van der Waals surface area contributed by atoms with Gasteiger partial charge in [0.1, 0.15) is 22.3 Å². The number of hydroxylamine groups is 1. The number of rotatable bonds is 7. The summed E-state index contributed by atoms with van der Waals surface area (Å²) in [6, 6.07) is 7.12. The summed E-state index contributed by atoms with van der Waals surface area (Å²) >= 11 is 0. The van der Waals surface area contributed by atoms with Crippen LogP contribution in [0, 0.1) is 11.6 Å². The van der Waals surface area contributed by atoms with Gasteiger partial charge in [-0.2, -0.15) is 0 Å². The molecule has 0 bridgehead atoms. The molecule has 0 saturated carbocycles. The molecule has 2 unspecified atom stereocenters. The molecule has 0 aliphatic carbocycles. The summed E-state index contributed by atoms with van der Waals surface area (Å²) in [7, 11) is -8.83. The Morgan fingerprint density at radius 3 is 1.68 bits per heavy atom. The molecular formula is C16H16F2N2O6S2. The average Bonchev–Trinajstić information content (AvgIpc) is 2.65. The molecule has 0 saturated heterocycles. The third kappa shape index (κ3) is 4.52. The van der Waals surface area contributed by atoms with Crippen molar-refractivity contribution in [2.24, 2.45) is 5.73 Å². The Morgan fingerprint density at radius 2 is 1.29 bits per heavy atom. The van der Waals surface area contributed by atoms with Crippen molar-refractivity contribution in [3.05, 3.63) is 60.2 Å². The molecular weight excluding hydrogens is 418 g/mol. The first kappa shape index (κ1) is 21.9. The highest BCUT2D eigenvalue weighted by atomic mass is 32.2. The average molecular weight is 434 g/mol. The number of sulfone groups is 2. The van der Waals surface area contributed by atoms with Crippen molar-refractivity contribution < 1.29 is 35.6 Å². The highest BCUT2D eigenvalue weighted by molar-refractivity contribution is 7.93. The third-order valence-electron chi connectivity index (χ3n) is 3.91. The Hall–Kier alpha value is -2.41. The molecule has 1 amide bonds. The predicted octanol–water partition coefficient (Wildman–Crippen LogP) is 0.761. The minimum Gasteiger partial charge on any atom is -0.315 e. The molecule has 0 radical (unpaired) electrons. The Morgan fingerprint density at radius 1 is 0.893 bits per heavy atom. The lowest BCUT2D eigenvalue weighted by molar-refractivity contribution is -0.128. The molecule has 12 heteroatoms. The molecule has 0 spiro atoms. The van der Waals surface area contributed by atoms with Gasteiger partial charge in [0.25, 0.3) is 5.91 Å². The highest BCUT2D eigenvalue weighted by Gasteiger charge is 2.39. The fraction of sp³-hybridized carbons (Fsp3) is 0.188. The number of carbonyl (C=O) groups excluding carboxylic acids is 1. The summed E-state index contributed by atoms with van der Waals surface area (Å²) in [6.45, 7) is 0. The first-order chi connectivity index (χ1) is 13.0. The van der Waals surface area contributed by atoms with Crippen LogP contribution in [-0.2, 0) is 24.5 Å². The van der Waals surface area contributed by atoms with Crippen molar-refractivity contribution in [1.82, 2.24) is 5.48 Å². The minimum atomic E-state index is -4.52. The van der Waals surface area contributed by atoms with Crippen molar-refractivity contribution in [3.63, 3.8) is 0 Å². The van der Waals surface area contributed by atoms with Gasteiger partial charge in [-0.25, -0.2) is 31.1 Å².